The summed E-state index contributed by atoms with van der Waals surface area (Å²) in [5.74, 6) is 1.23. The summed E-state index contributed by atoms with van der Waals surface area (Å²) in [6.07, 6.45) is 1.38. The van der Waals surface area contributed by atoms with E-state index in [1.807, 2.05) is 13.1 Å². The van der Waals surface area contributed by atoms with E-state index in [0.717, 1.165) is 22.5 Å². The minimum absolute atomic E-state index is 0.215. The Kier molecular flexibility index (Phi) is 3.84. The summed E-state index contributed by atoms with van der Waals surface area (Å²) in [5.41, 5.74) is 0.617. The summed E-state index contributed by atoms with van der Waals surface area (Å²) in [5, 5.41) is 4.15. The number of thiophene rings is 1. The highest BCUT2D eigenvalue weighted by Crippen LogP contribution is 2.29. The van der Waals surface area contributed by atoms with Gasteiger partial charge < -0.3 is 5.32 Å². The Balaban J connectivity index is 2.05. The van der Waals surface area contributed by atoms with Gasteiger partial charge in [-0.3, -0.25) is 0 Å². The summed E-state index contributed by atoms with van der Waals surface area (Å²) in [4.78, 5) is 11.3. The highest BCUT2D eigenvalue weighted by atomic mass is 32.1. The molecule has 5 heteroatoms. The molecule has 0 amide bonds. The topological polar surface area (TPSA) is 37.8 Å². The summed E-state index contributed by atoms with van der Waals surface area (Å²) in [7, 11) is 1.85. The molecule has 21 heavy (non-hydrogen) atoms. The fraction of sp³-hybridized carbons (Fsp3) is 0.250. The number of hydrogen-bond acceptors (Lipinski definition) is 4. The molecule has 1 N–H and O–H groups in total. The number of anilines is 1. The van der Waals surface area contributed by atoms with Gasteiger partial charge in [0.15, 0.2) is 0 Å². The van der Waals surface area contributed by atoms with Crippen molar-refractivity contribution < 1.29 is 4.39 Å². The number of nitrogens with one attached hydrogen (secondary N) is 1. The zero-order chi connectivity index (χ0) is 14.8. The van der Waals surface area contributed by atoms with Gasteiger partial charge in [0, 0.05) is 18.3 Å². The van der Waals surface area contributed by atoms with Gasteiger partial charge in [0.25, 0.3) is 0 Å². The van der Waals surface area contributed by atoms with Gasteiger partial charge in [-0.1, -0.05) is 25.1 Å². The predicted octanol–water partition coefficient (Wildman–Crippen LogP) is 4.03. The second-order valence-electron chi connectivity index (χ2n) is 4.79. The molecule has 0 aliphatic rings. The molecule has 3 nitrogen and oxygen atoms in total. The number of aromatic nitrogens is 2. The van der Waals surface area contributed by atoms with Gasteiger partial charge in [0.2, 0.25) is 0 Å². The lowest BCUT2D eigenvalue weighted by atomic mass is 10.1. The monoisotopic (exact) mass is 301 g/mol. The van der Waals surface area contributed by atoms with E-state index in [2.05, 4.69) is 28.3 Å². The Bertz CT molecular complexity index is 782. The van der Waals surface area contributed by atoms with E-state index in [0.29, 0.717) is 17.8 Å². The summed E-state index contributed by atoms with van der Waals surface area (Å²) in [6, 6.07) is 8.88. The molecule has 0 atom stereocenters. The highest BCUT2D eigenvalue weighted by Gasteiger charge is 2.12. The largest absolute Gasteiger partial charge is 0.372 e. The molecule has 0 spiro atoms. The molecule has 0 aliphatic heterocycles. The molecule has 108 valence electrons. The third-order valence-electron chi connectivity index (χ3n) is 3.38. The van der Waals surface area contributed by atoms with Crippen LogP contribution in [0.2, 0.25) is 0 Å². The molecule has 3 rings (SSSR count). The quantitative estimate of drug-likeness (QED) is 0.790. The molecule has 0 radical (unpaired) electrons. The van der Waals surface area contributed by atoms with Crippen molar-refractivity contribution in [2.45, 2.75) is 19.8 Å². The summed E-state index contributed by atoms with van der Waals surface area (Å²) in [6.45, 7) is 2.12. The number of halogens is 1. The third-order valence-corrected chi connectivity index (χ3v) is 4.56. The van der Waals surface area contributed by atoms with Gasteiger partial charge in [-0.15, -0.1) is 11.3 Å². The van der Waals surface area contributed by atoms with Crippen LogP contribution in [0.1, 0.15) is 23.2 Å². The van der Waals surface area contributed by atoms with Crippen LogP contribution in [0.15, 0.2) is 30.3 Å². The molecule has 0 unspecified atom stereocenters. The molecular formula is C16H16FN3S. The molecule has 0 aliphatic carbocycles. The summed E-state index contributed by atoms with van der Waals surface area (Å²) >= 11 is 1.67. The molecule has 2 aromatic heterocycles. The van der Waals surface area contributed by atoms with Crippen LogP contribution >= 0.6 is 11.3 Å². The van der Waals surface area contributed by atoms with E-state index in [4.69, 9.17) is 0 Å². The van der Waals surface area contributed by atoms with Crippen molar-refractivity contribution in [1.29, 1.82) is 0 Å². The Morgan fingerprint density at radius 2 is 2.05 bits per heavy atom. The van der Waals surface area contributed by atoms with Crippen molar-refractivity contribution in [2.75, 3.05) is 12.4 Å². The van der Waals surface area contributed by atoms with Gasteiger partial charge in [-0.25, -0.2) is 14.4 Å². The fourth-order valence-corrected chi connectivity index (χ4v) is 3.26. The van der Waals surface area contributed by atoms with Crippen LogP contribution in [-0.2, 0) is 12.8 Å². The lowest BCUT2D eigenvalue weighted by Crippen LogP contribution is -2.02. The number of aryl methyl sites for hydroxylation is 1. The van der Waals surface area contributed by atoms with E-state index >= 15 is 0 Å². The molecule has 1 aromatic carbocycles. The second kappa shape index (κ2) is 5.77. The van der Waals surface area contributed by atoms with Crippen molar-refractivity contribution in [1.82, 2.24) is 9.97 Å². The smallest absolute Gasteiger partial charge is 0.138 e. The van der Waals surface area contributed by atoms with Crippen LogP contribution in [0.4, 0.5) is 10.2 Å². The van der Waals surface area contributed by atoms with Crippen LogP contribution in [-0.4, -0.2) is 17.0 Å². The molecule has 0 fully saturated rings. The first-order chi connectivity index (χ1) is 10.2. The van der Waals surface area contributed by atoms with Gasteiger partial charge in [0.05, 0.1) is 5.39 Å². The number of benzene rings is 1. The maximum absolute atomic E-state index is 13.8. The van der Waals surface area contributed by atoms with E-state index in [9.17, 15) is 4.39 Å². The minimum Gasteiger partial charge on any atom is -0.372 e. The second-order valence-corrected chi connectivity index (χ2v) is 5.91. The first kappa shape index (κ1) is 13.9. The first-order valence-corrected chi connectivity index (χ1v) is 7.73. The van der Waals surface area contributed by atoms with Crippen molar-refractivity contribution >= 4 is 27.4 Å². The molecular weight excluding hydrogens is 285 g/mol. The molecule has 2 heterocycles. The van der Waals surface area contributed by atoms with Crippen LogP contribution in [0, 0.1) is 5.82 Å². The normalized spacial score (nSPS) is 11.0. The third kappa shape index (κ3) is 2.74. The van der Waals surface area contributed by atoms with E-state index in [1.54, 1.807) is 23.5 Å². The predicted molar refractivity (Wildman–Crippen MR) is 85.5 cm³/mol. The minimum atomic E-state index is -0.215. The van der Waals surface area contributed by atoms with Gasteiger partial charge in [-0.2, -0.15) is 0 Å². The SMILES string of the molecule is CCc1cc2c(NC)nc(Cc3ccccc3F)nc2s1. The molecule has 0 bridgehead atoms. The zero-order valence-corrected chi connectivity index (χ0v) is 12.8. The van der Waals surface area contributed by atoms with Crippen LogP contribution in [0.3, 0.4) is 0 Å². The Hall–Kier alpha value is -2.01. The number of rotatable bonds is 4. The maximum atomic E-state index is 13.8. The zero-order valence-electron chi connectivity index (χ0n) is 12.0. The van der Waals surface area contributed by atoms with Crippen molar-refractivity contribution in [3.8, 4) is 0 Å². The first-order valence-electron chi connectivity index (χ1n) is 6.91. The number of nitrogens with zero attached hydrogens (tertiary/aromatic N) is 2. The van der Waals surface area contributed by atoms with Gasteiger partial charge in [0.1, 0.15) is 22.3 Å². The average molecular weight is 301 g/mol. The van der Waals surface area contributed by atoms with Crippen LogP contribution < -0.4 is 5.32 Å². The van der Waals surface area contributed by atoms with Crippen molar-refractivity contribution in [3.05, 3.63) is 52.4 Å². The lowest BCUT2D eigenvalue weighted by molar-refractivity contribution is 0.612. The van der Waals surface area contributed by atoms with Crippen LogP contribution in [0.5, 0.6) is 0 Å². The van der Waals surface area contributed by atoms with E-state index in [-0.39, 0.29) is 5.82 Å². The fourth-order valence-electron chi connectivity index (χ4n) is 2.27. The molecule has 0 saturated heterocycles. The van der Waals surface area contributed by atoms with Crippen molar-refractivity contribution in [2.24, 2.45) is 0 Å². The molecule has 3 aromatic rings. The van der Waals surface area contributed by atoms with E-state index in [1.165, 1.54) is 10.9 Å². The van der Waals surface area contributed by atoms with Gasteiger partial charge >= 0.3 is 0 Å². The number of fused-ring (bicyclic) bond motifs is 1. The Labute approximate surface area is 126 Å². The highest BCUT2D eigenvalue weighted by molar-refractivity contribution is 7.18. The Morgan fingerprint density at radius 3 is 2.76 bits per heavy atom. The molecule has 0 saturated carbocycles. The van der Waals surface area contributed by atoms with E-state index < -0.39 is 0 Å². The lowest BCUT2D eigenvalue weighted by Gasteiger charge is -2.06. The van der Waals surface area contributed by atoms with Crippen molar-refractivity contribution in [3.63, 3.8) is 0 Å². The van der Waals surface area contributed by atoms with Crippen LogP contribution in [0.25, 0.3) is 10.2 Å². The number of hydrogen-bond donors (Lipinski definition) is 1. The van der Waals surface area contributed by atoms with Gasteiger partial charge in [-0.05, 0) is 24.1 Å². The standard InChI is InChI=1S/C16H16FN3S/c1-3-11-9-12-15(18-2)19-14(20-16(12)21-11)8-10-6-4-5-7-13(10)17/h4-7,9H,3,8H2,1-2H3,(H,18,19,20). The average Bonchev–Trinajstić information content (AvgIpc) is 2.92. The maximum Gasteiger partial charge on any atom is 0.138 e. The summed E-state index contributed by atoms with van der Waals surface area (Å²) < 4.78 is 13.8. The Morgan fingerprint density at radius 1 is 1.24 bits per heavy atom.